The number of halogens is 3. The lowest BCUT2D eigenvalue weighted by atomic mass is 10.1. The molecule has 0 fully saturated rings. The maximum Gasteiger partial charge on any atom is 0.235 e. The van der Waals surface area contributed by atoms with E-state index in [1.54, 1.807) is 6.92 Å². The summed E-state index contributed by atoms with van der Waals surface area (Å²) in [4.78, 5) is 10.9. The smallest absolute Gasteiger partial charge is 0.235 e. The molecule has 0 heterocycles. The zero-order valence-electron chi connectivity index (χ0n) is 8.06. The fraction of sp³-hybridized carbons (Fsp3) is 0.300. The van der Waals surface area contributed by atoms with E-state index in [2.05, 4.69) is 5.32 Å². The third kappa shape index (κ3) is 3.16. The lowest BCUT2D eigenvalue weighted by molar-refractivity contribution is -0.119. The lowest BCUT2D eigenvalue weighted by Gasteiger charge is -2.13. The molecule has 0 aliphatic heterocycles. The van der Waals surface area contributed by atoms with E-state index in [0.717, 1.165) is 12.1 Å². The van der Waals surface area contributed by atoms with Crippen LogP contribution in [0.2, 0.25) is 0 Å². The highest BCUT2D eigenvalue weighted by atomic mass is 35.5. The topological polar surface area (TPSA) is 29.1 Å². The van der Waals surface area contributed by atoms with Crippen molar-refractivity contribution in [3.8, 4) is 0 Å². The van der Waals surface area contributed by atoms with Gasteiger partial charge in [0, 0.05) is 0 Å². The molecule has 1 atom stereocenters. The van der Waals surface area contributed by atoms with Gasteiger partial charge in [-0.25, -0.2) is 8.78 Å². The van der Waals surface area contributed by atoms with E-state index in [-0.39, 0.29) is 11.8 Å². The van der Waals surface area contributed by atoms with Gasteiger partial charge in [-0.15, -0.1) is 11.6 Å². The summed E-state index contributed by atoms with van der Waals surface area (Å²) in [6, 6.07) is 3.09. The van der Waals surface area contributed by atoms with Crippen molar-refractivity contribution in [2.24, 2.45) is 0 Å². The number of hydrogen-bond donors (Lipinski definition) is 1. The molecule has 0 unspecified atom stereocenters. The number of rotatable bonds is 3. The molecule has 2 nitrogen and oxygen atoms in total. The Morgan fingerprint density at radius 1 is 1.47 bits per heavy atom. The van der Waals surface area contributed by atoms with Crippen molar-refractivity contribution in [3.63, 3.8) is 0 Å². The van der Waals surface area contributed by atoms with Gasteiger partial charge >= 0.3 is 0 Å². The fourth-order valence-corrected chi connectivity index (χ4v) is 1.22. The maximum absolute atomic E-state index is 12.8. The van der Waals surface area contributed by atoms with E-state index in [1.807, 2.05) is 0 Å². The molecule has 0 saturated carbocycles. The molecule has 0 saturated heterocycles. The second kappa shape index (κ2) is 5.07. The Morgan fingerprint density at radius 3 is 2.67 bits per heavy atom. The predicted molar refractivity (Wildman–Crippen MR) is 53.6 cm³/mol. The Kier molecular flexibility index (Phi) is 4.03. The van der Waals surface area contributed by atoms with Crippen LogP contribution in [-0.4, -0.2) is 11.8 Å². The Morgan fingerprint density at radius 2 is 2.13 bits per heavy atom. The summed E-state index contributed by atoms with van der Waals surface area (Å²) >= 11 is 5.29. The van der Waals surface area contributed by atoms with Gasteiger partial charge in [0.1, 0.15) is 5.88 Å². The number of carbonyl (C=O) groups is 1. The number of alkyl halides is 1. The molecule has 1 aromatic rings. The standard InChI is InChI=1S/C10H10ClF2NO/c1-6(14-10(15)5-11)7-2-3-8(12)9(13)4-7/h2-4,6H,5H2,1H3,(H,14,15)/t6-/m0/s1. The van der Waals surface area contributed by atoms with E-state index in [4.69, 9.17) is 11.6 Å². The van der Waals surface area contributed by atoms with Crippen LogP contribution in [0.25, 0.3) is 0 Å². The van der Waals surface area contributed by atoms with Gasteiger partial charge in [0.25, 0.3) is 0 Å². The van der Waals surface area contributed by atoms with Crippen molar-refractivity contribution < 1.29 is 13.6 Å². The van der Waals surface area contributed by atoms with Crippen molar-refractivity contribution in [2.75, 3.05) is 5.88 Å². The summed E-state index contributed by atoms with van der Waals surface area (Å²) in [6.45, 7) is 1.66. The normalized spacial score (nSPS) is 12.3. The lowest BCUT2D eigenvalue weighted by Crippen LogP contribution is -2.27. The van der Waals surface area contributed by atoms with Crippen LogP contribution in [0.4, 0.5) is 8.78 Å². The van der Waals surface area contributed by atoms with Gasteiger partial charge in [-0.2, -0.15) is 0 Å². The predicted octanol–water partition coefficient (Wildman–Crippen LogP) is 2.38. The van der Waals surface area contributed by atoms with Gasteiger partial charge in [-0.05, 0) is 24.6 Å². The van der Waals surface area contributed by atoms with E-state index in [1.165, 1.54) is 6.07 Å². The van der Waals surface area contributed by atoms with Crippen LogP contribution in [-0.2, 0) is 4.79 Å². The minimum Gasteiger partial charge on any atom is -0.349 e. The Hall–Kier alpha value is -1.16. The first-order chi connectivity index (χ1) is 7.04. The van der Waals surface area contributed by atoms with Crippen LogP contribution in [0.1, 0.15) is 18.5 Å². The van der Waals surface area contributed by atoms with E-state index >= 15 is 0 Å². The Labute approximate surface area is 91.2 Å². The summed E-state index contributed by atoms with van der Waals surface area (Å²) in [7, 11) is 0. The molecule has 0 aliphatic rings. The average molecular weight is 234 g/mol. The van der Waals surface area contributed by atoms with Crippen LogP contribution in [0.3, 0.4) is 0 Å². The minimum absolute atomic E-state index is 0.159. The molecule has 1 amide bonds. The molecule has 0 aliphatic carbocycles. The summed E-state index contributed by atoms with van der Waals surface area (Å²) in [5, 5.41) is 2.53. The number of hydrogen-bond acceptors (Lipinski definition) is 1. The first-order valence-electron chi connectivity index (χ1n) is 4.35. The van der Waals surface area contributed by atoms with Crippen molar-refractivity contribution in [1.29, 1.82) is 0 Å². The first kappa shape index (κ1) is 11.9. The van der Waals surface area contributed by atoms with Gasteiger partial charge in [0.15, 0.2) is 11.6 Å². The van der Waals surface area contributed by atoms with Crippen molar-refractivity contribution in [3.05, 3.63) is 35.4 Å². The van der Waals surface area contributed by atoms with Gasteiger partial charge < -0.3 is 5.32 Å². The highest BCUT2D eigenvalue weighted by Gasteiger charge is 2.10. The molecule has 0 radical (unpaired) electrons. The molecule has 15 heavy (non-hydrogen) atoms. The SMILES string of the molecule is C[C@H](NC(=O)CCl)c1ccc(F)c(F)c1. The van der Waals surface area contributed by atoms with Crippen LogP contribution in [0.5, 0.6) is 0 Å². The van der Waals surface area contributed by atoms with Crippen molar-refractivity contribution in [1.82, 2.24) is 5.32 Å². The second-order valence-electron chi connectivity index (χ2n) is 3.10. The first-order valence-corrected chi connectivity index (χ1v) is 4.88. The van der Waals surface area contributed by atoms with Crippen LogP contribution < -0.4 is 5.32 Å². The van der Waals surface area contributed by atoms with E-state index in [0.29, 0.717) is 5.56 Å². The molecule has 5 heteroatoms. The van der Waals surface area contributed by atoms with Gasteiger partial charge in [-0.3, -0.25) is 4.79 Å². The van der Waals surface area contributed by atoms with Gasteiger partial charge in [0.2, 0.25) is 5.91 Å². The summed E-state index contributed by atoms with van der Waals surface area (Å²) in [6.07, 6.45) is 0. The molecule has 82 valence electrons. The largest absolute Gasteiger partial charge is 0.349 e. The summed E-state index contributed by atoms with van der Waals surface area (Å²) in [5.74, 6) is -2.35. The molecule has 0 aromatic heterocycles. The average Bonchev–Trinajstić information content (AvgIpc) is 2.21. The number of nitrogens with one attached hydrogen (secondary N) is 1. The highest BCUT2D eigenvalue weighted by molar-refractivity contribution is 6.27. The van der Waals surface area contributed by atoms with Crippen molar-refractivity contribution >= 4 is 17.5 Å². The van der Waals surface area contributed by atoms with Crippen molar-refractivity contribution in [2.45, 2.75) is 13.0 Å². The Balaban J connectivity index is 2.78. The van der Waals surface area contributed by atoms with E-state index < -0.39 is 17.7 Å². The molecule has 1 N–H and O–H groups in total. The van der Waals surface area contributed by atoms with Gasteiger partial charge in [-0.1, -0.05) is 6.07 Å². The van der Waals surface area contributed by atoms with Crippen LogP contribution in [0, 0.1) is 11.6 Å². The molecular formula is C10H10ClF2NO. The zero-order valence-corrected chi connectivity index (χ0v) is 8.81. The quantitative estimate of drug-likeness (QED) is 0.798. The summed E-state index contributed by atoms with van der Waals surface area (Å²) in [5.41, 5.74) is 0.493. The highest BCUT2D eigenvalue weighted by Crippen LogP contribution is 2.15. The second-order valence-corrected chi connectivity index (χ2v) is 3.36. The van der Waals surface area contributed by atoms with Crippen LogP contribution >= 0.6 is 11.6 Å². The monoisotopic (exact) mass is 233 g/mol. The number of carbonyl (C=O) groups excluding carboxylic acids is 1. The summed E-state index contributed by atoms with van der Waals surface area (Å²) < 4.78 is 25.5. The molecule has 1 aromatic carbocycles. The fourth-order valence-electron chi connectivity index (χ4n) is 1.15. The van der Waals surface area contributed by atoms with E-state index in [9.17, 15) is 13.6 Å². The molecular weight excluding hydrogens is 224 g/mol. The van der Waals surface area contributed by atoms with Crippen LogP contribution in [0.15, 0.2) is 18.2 Å². The third-order valence-electron chi connectivity index (χ3n) is 1.94. The Bertz CT molecular complexity index is 370. The minimum atomic E-state index is -0.931. The maximum atomic E-state index is 12.8. The molecule has 0 bridgehead atoms. The molecule has 0 spiro atoms. The number of amides is 1. The zero-order chi connectivity index (χ0) is 11.4. The number of benzene rings is 1. The molecule has 1 rings (SSSR count). The van der Waals surface area contributed by atoms with Gasteiger partial charge in [0.05, 0.1) is 6.04 Å². The third-order valence-corrected chi connectivity index (χ3v) is 2.19.